The van der Waals surface area contributed by atoms with Gasteiger partial charge in [-0.1, -0.05) is 0 Å². The summed E-state index contributed by atoms with van der Waals surface area (Å²) in [4.78, 5) is 6.22. The van der Waals surface area contributed by atoms with E-state index in [2.05, 4.69) is 16.9 Å². The van der Waals surface area contributed by atoms with Crippen molar-refractivity contribution in [2.24, 2.45) is 0 Å². The van der Waals surface area contributed by atoms with Crippen molar-refractivity contribution in [3.63, 3.8) is 0 Å². The Morgan fingerprint density at radius 1 is 1.38 bits per heavy atom. The standard InChI is InChI=1S/C12H21N3O/c1-15(7-3-2-4-8-16)10-11-5-6-14-12(13)9-11/h5-6,9,16H,2-4,7-8,10H2,1H3,(H2,13,14). The van der Waals surface area contributed by atoms with Gasteiger partial charge in [0.2, 0.25) is 0 Å². The molecule has 0 atom stereocenters. The van der Waals surface area contributed by atoms with E-state index < -0.39 is 0 Å². The molecule has 0 amide bonds. The molecule has 0 aromatic carbocycles. The van der Waals surface area contributed by atoms with Gasteiger partial charge in [-0.15, -0.1) is 0 Å². The summed E-state index contributed by atoms with van der Waals surface area (Å²) in [6, 6.07) is 3.89. The van der Waals surface area contributed by atoms with Crippen LogP contribution in [0.3, 0.4) is 0 Å². The second kappa shape index (κ2) is 7.19. The summed E-state index contributed by atoms with van der Waals surface area (Å²) in [7, 11) is 2.09. The first-order chi connectivity index (χ1) is 7.72. The van der Waals surface area contributed by atoms with Crippen molar-refractivity contribution in [1.82, 2.24) is 9.88 Å². The quantitative estimate of drug-likeness (QED) is 0.683. The van der Waals surface area contributed by atoms with Crippen LogP contribution >= 0.6 is 0 Å². The van der Waals surface area contributed by atoms with Gasteiger partial charge in [-0.2, -0.15) is 0 Å². The maximum Gasteiger partial charge on any atom is 0.123 e. The van der Waals surface area contributed by atoms with Gasteiger partial charge in [0.05, 0.1) is 0 Å². The first kappa shape index (κ1) is 12.9. The molecule has 90 valence electrons. The van der Waals surface area contributed by atoms with E-state index in [1.54, 1.807) is 6.20 Å². The van der Waals surface area contributed by atoms with Gasteiger partial charge in [0, 0.05) is 19.3 Å². The van der Waals surface area contributed by atoms with Crippen LogP contribution in [0.1, 0.15) is 24.8 Å². The minimum Gasteiger partial charge on any atom is -0.396 e. The molecule has 0 bridgehead atoms. The fraction of sp³-hybridized carbons (Fsp3) is 0.583. The number of nitrogen functional groups attached to an aromatic ring is 1. The van der Waals surface area contributed by atoms with Gasteiger partial charge in [0.25, 0.3) is 0 Å². The molecule has 3 N–H and O–H groups in total. The zero-order valence-corrected chi connectivity index (χ0v) is 9.89. The van der Waals surface area contributed by atoms with Crippen LogP contribution in [0, 0.1) is 0 Å². The molecule has 0 aliphatic heterocycles. The van der Waals surface area contributed by atoms with Crippen molar-refractivity contribution >= 4 is 5.82 Å². The van der Waals surface area contributed by atoms with Crippen molar-refractivity contribution in [3.8, 4) is 0 Å². The third kappa shape index (κ3) is 5.09. The molecule has 0 aliphatic carbocycles. The molecule has 0 radical (unpaired) electrons. The normalized spacial score (nSPS) is 10.9. The second-order valence-corrected chi connectivity index (χ2v) is 4.11. The Bertz CT molecular complexity index is 304. The molecule has 0 saturated carbocycles. The summed E-state index contributed by atoms with van der Waals surface area (Å²) in [5.41, 5.74) is 6.81. The number of hydrogen-bond donors (Lipinski definition) is 2. The second-order valence-electron chi connectivity index (χ2n) is 4.11. The summed E-state index contributed by atoms with van der Waals surface area (Å²) < 4.78 is 0. The molecule has 1 aromatic heterocycles. The van der Waals surface area contributed by atoms with Crippen molar-refractivity contribution in [3.05, 3.63) is 23.9 Å². The maximum atomic E-state index is 8.66. The van der Waals surface area contributed by atoms with Crippen LogP contribution in [0.4, 0.5) is 5.82 Å². The van der Waals surface area contributed by atoms with Crippen molar-refractivity contribution in [2.75, 3.05) is 25.9 Å². The Balaban J connectivity index is 2.25. The first-order valence-corrected chi connectivity index (χ1v) is 5.72. The van der Waals surface area contributed by atoms with Crippen LogP contribution < -0.4 is 5.73 Å². The smallest absolute Gasteiger partial charge is 0.123 e. The minimum atomic E-state index is 0.296. The van der Waals surface area contributed by atoms with Gasteiger partial charge in [0.15, 0.2) is 0 Å². The number of hydrogen-bond acceptors (Lipinski definition) is 4. The molecule has 1 aromatic rings. The summed E-state index contributed by atoms with van der Waals surface area (Å²) in [6.45, 7) is 2.23. The van der Waals surface area contributed by atoms with Crippen molar-refractivity contribution in [2.45, 2.75) is 25.8 Å². The van der Waals surface area contributed by atoms with E-state index in [4.69, 9.17) is 10.8 Å². The van der Waals surface area contributed by atoms with Gasteiger partial charge in [-0.05, 0) is 50.6 Å². The fourth-order valence-electron chi connectivity index (χ4n) is 1.65. The molecule has 1 heterocycles. The molecular formula is C12H21N3O. The van der Waals surface area contributed by atoms with E-state index in [-0.39, 0.29) is 0 Å². The van der Waals surface area contributed by atoms with Crippen LogP contribution in [0.5, 0.6) is 0 Å². The number of anilines is 1. The number of nitrogens with two attached hydrogens (primary N) is 1. The van der Waals surface area contributed by atoms with E-state index >= 15 is 0 Å². The summed E-state index contributed by atoms with van der Waals surface area (Å²) in [5, 5.41) is 8.66. The molecule has 0 spiro atoms. The summed E-state index contributed by atoms with van der Waals surface area (Å²) in [5.74, 6) is 0.575. The number of nitrogens with zero attached hydrogens (tertiary/aromatic N) is 2. The highest BCUT2D eigenvalue weighted by Gasteiger charge is 2.00. The molecule has 4 heteroatoms. The summed E-state index contributed by atoms with van der Waals surface area (Å²) >= 11 is 0. The Morgan fingerprint density at radius 2 is 2.19 bits per heavy atom. The lowest BCUT2D eigenvalue weighted by Crippen LogP contribution is -2.19. The zero-order chi connectivity index (χ0) is 11.8. The van der Waals surface area contributed by atoms with Gasteiger partial charge in [-0.3, -0.25) is 0 Å². The van der Waals surface area contributed by atoms with E-state index in [1.165, 1.54) is 5.56 Å². The number of aliphatic hydroxyl groups excluding tert-OH is 1. The van der Waals surface area contributed by atoms with Crippen molar-refractivity contribution < 1.29 is 5.11 Å². The van der Waals surface area contributed by atoms with Gasteiger partial charge >= 0.3 is 0 Å². The topological polar surface area (TPSA) is 62.4 Å². The number of aromatic nitrogens is 1. The van der Waals surface area contributed by atoms with E-state index in [0.29, 0.717) is 12.4 Å². The number of unbranched alkanes of at least 4 members (excludes halogenated alkanes) is 2. The summed E-state index contributed by atoms with van der Waals surface area (Å²) in [6.07, 6.45) is 4.84. The SMILES string of the molecule is CN(CCCCCO)Cc1ccnc(N)c1. The van der Waals surface area contributed by atoms with E-state index in [0.717, 1.165) is 32.4 Å². The van der Waals surface area contributed by atoms with Gasteiger partial charge in [-0.25, -0.2) is 4.98 Å². The molecular weight excluding hydrogens is 202 g/mol. The average Bonchev–Trinajstić information content (AvgIpc) is 2.24. The predicted molar refractivity (Wildman–Crippen MR) is 65.9 cm³/mol. The largest absolute Gasteiger partial charge is 0.396 e. The molecule has 1 rings (SSSR count). The van der Waals surface area contributed by atoms with Crippen LogP contribution in [-0.2, 0) is 6.54 Å². The van der Waals surface area contributed by atoms with Crippen LogP contribution in [-0.4, -0.2) is 35.2 Å². The predicted octanol–water partition coefficient (Wildman–Crippen LogP) is 1.26. The van der Waals surface area contributed by atoms with Crippen molar-refractivity contribution in [1.29, 1.82) is 0 Å². The Labute approximate surface area is 97.1 Å². The molecule has 0 fully saturated rings. The average molecular weight is 223 g/mol. The lowest BCUT2D eigenvalue weighted by Gasteiger charge is -2.16. The Morgan fingerprint density at radius 3 is 2.88 bits per heavy atom. The molecule has 4 nitrogen and oxygen atoms in total. The number of pyridine rings is 1. The molecule has 0 saturated heterocycles. The van der Waals surface area contributed by atoms with E-state index in [1.807, 2.05) is 12.1 Å². The number of aliphatic hydroxyl groups is 1. The third-order valence-corrected chi connectivity index (χ3v) is 2.50. The first-order valence-electron chi connectivity index (χ1n) is 5.72. The zero-order valence-electron chi connectivity index (χ0n) is 9.89. The van der Waals surface area contributed by atoms with Crippen LogP contribution in [0.15, 0.2) is 18.3 Å². The van der Waals surface area contributed by atoms with Gasteiger partial charge < -0.3 is 15.7 Å². The maximum absolute atomic E-state index is 8.66. The highest BCUT2D eigenvalue weighted by atomic mass is 16.2. The fourth-order valence-corrected chi connectivity index (χ4v) is 1.65. The third-order valence-electron chi connectivity index (χ3n) is 2.50. The lowest BCUT2D eigenvalue weighted by atomic mass is 10.2. The van der Waals surface area contributed by atoms with Crippen LogP contribution in [0.2, 0.25) is 0 Å². The Kier molecular flexibility index (Phi) is 5.82. The Hall–Kier alpha value is -1.13. The lowest BCUT2D eigenvalue weighted by molar-refractivity contribution is 0.271. The molecule has 0 aliphatic rings. The molecule has 16 heavy (non-hydrogen) atoms. The minimum absolute atomic E-state index is 0.296. The van der Waals surface area contributed by atoms with Crippen LogP contribution in [0.25, 0.3) is 0 Å². The monoisotopic (exact) mass is 223 g/mol. The highest BCUT2D eigenvalue weighted by molar-refractivity contribution is 5.31. The highest BCUT2D eigenvalue weighted by Crippen LogP contribution is 2.06. The van der Waals surface area contributed by atoms with E-state index in [9.17, 15) is 0 Å². The van der Waals surface area contributed by atoms with Gasteiger partial charge in [0.1, 0.15) is 5.82 Å². The number of rotatable bonds is 7. The molecule has 0 unspecified atom stereocenters.